The molecule has 8 heavy (non-hydrogen) atoms. The highest BCUT2D eigenvalue weighted by Gasteiger charge is 2.34. The Kier molecular flexibility index (Phi) is 1.24. The summed E-state index contributed by atoms with van der Waals surface area (Å²) in [5, 5.41) is 25.8. The summed E-state index contributed by atoms with van der Waals surface area (Å²) >= 11 is 0. The fourth-order valence-corrected chi connectivity index (χ4v) is 0.627. The molecule has 1 saturated heterocycles. The highest BCUT2D eigenvalue weighted by Crippen LogP contribution is 2.18. The second-order valence-electron chi connectivity index (χ2n) is 1.95. The van der Waals surface area contributed by atoms with Crippen molar-refractivity contribution in [2.24, 2.45) is 0 Å². The van der Waals surface area contributed by atoms with Crippen molar-refractivity contribution in [1.82, 2.24) is 0 Å². The van der Waals surface area contributed by atoms with Crippen molar-refractivity contribution in [1.29, 1.82) is 0 Å². The minimum absolute atomic E-state index is 0.118. The van der Waals surface area contributed by atoms with E-state index in [4.69, 9.17) is 15.3 Å². The molecule has 0 saturated carbocycles. The van der Waals surface area contributed by atoms with E-state index in [2.05, 4.69) is 4.74 Å². The zero-order valence-corrected chi connectivity index (χ0v) is 4.24. The highest BCUT2D eigenvalue weighted by molar-refractivity contribution is 4.71. The summed E-state index contributed by atoms with van der Waals surface area (Å²) in [5.74, 6) is -1.81. The summed E-state index contributed by atoms with van der Waals surface area (Å²) in [4.78, 5) is 0. The van der Waals surface area contributed by atoms with Crippen LogP contribution in [0.4, 0.5) is 0 Å². The number of hydrogen-bond donors (Lipinski definition) is 3. The van der Waals surface area contributed by atoms with E-state index in [9.17, 15) is 0 Å². The van der Waals surface area contributed by atoms with Crippen LogP contribution in [0.5, 0.6) is 0 Å². The molecule has 48 valence electrons. The van der Waals surface area contributed by atoms with Crippen molar-refractivity contribution < 1.29 is 20.1 Å². The lowest BCUT2D eigenvalue weighted by atomic mass is 10.2. The summed E-state index contributed by atoms with van der Waals surface area (Å²) in [6, 6.07) is 0. The van der Waals surface area contributed by atoms with Gasteiger partial charge in [0.25, 0.3) is 0 Å². The largest absolute Gasteiger partial charge is 0.368 e. The molecule has 4 heteroatoms. The summed E-state index contributed by atoms with van der Waals surface area (Å²) in [5.41, 5.74) is 0. The van der Waals surface area contributed by atoms with Gasteiger partial charge >= 0.3 is 0 Å². The van der Waals surface area contributed by atoms with Crippen LogP contribution in [0.3, 0.4) is 0 Å². The van der Waals surface area contributed by atoms with Crippen molar-refractivity contribution in [2.75, 3.05) is 6.61 Å². The maximum absolute atomic E-state index is 8.64. The van der Waals surface area contributed by atoms with Gasteiger partial charge in [-0.05, 0) is 0 Å². The van der Waals surface area contributed by atoms with Crippen LogP contribution in [-0.2, 0) is 4.74 Å². The molecule has 0 spiro atoms. The molecule has 1 aliphatic rings. The van der Waals surface area contributed by atoms with E-state index in [0.29, 0.717) is 0 Å². The molecule has 0 amide bonds. The molecule has 1 unspecified atom stereocenters. The van der Waals surface area contributed by atoms with Gasteiger partial charge in [-0.25, -0.2) is 0 Å². The van der Waals surface area contributed by atoms with Crippen LogP contribution >= 0.6 is 0 Å². The Morgan fingerprint density at radius 2 is 2.12 bits per heavy atom. The average molecular weight is 120 g/mol. The summed E-state index contributed by atoms with van der Waals surface area (Å²) in [6.07, 6.45) is -1.13. The molecule has 1 rings (SSSR count). The van der Waals surface area contributed by atoms with E-state index in [1.807, 2.05) is 0 Å². The van der Waals surface area contributed by atoms with Gasteiger partial charge < -0.3 is 20.1 Å². The topological polar surface area (TPSA) is 69.9 Å². The van der Waals surface area contributed by atoms with Gasteiger partial charge in [-0.1, -0.05) is 0 Å². The molecule has 0 aliphatic carbocycles. The van der Waals surface area contributed by atoms with Crippen LogP contribution < -0.4 is 0 Å². The number of hydrogen-bond acceptors (Lipinski definition) is 4. The van der Waals surface area contributed by atoms with Crippen LogP contribution in [0.1, 0.15) is 6.42 Å². The zero-order chi connectivity index (χ0) is 6.20. The third kappa shape index (κ3) is 1.16. The minimum atomic E-state index is -1.81. The first-order valence-electron chi connectivity index (χ1n) is 2.35. The van der Waals surface area contributed by atoms with Gasteiger partial charge in [0.15, 0.2) is 12.1 Å². The van der Waals surface area contributed by atoms with Gasteiger partial charge in [0, 0.05) is 0 Å². The molecule has 1 heterocycles. The minimum Gasteiger partial charge on any atom is -0.368 e. The van der Waals surface area contributed by atoms with E-state index in [-0.39, 0.29) is 13.0 Å². The SMILES string of the molecule is OC1CC(O)(O)CO1. The van der Waals surface area contributed by atoms with E-state index in [1.54, 1.807) is 0 Å². The zero-order valence-electron chi connectivity index (χ0n) is 4.24. The number of ether oxygens (including phenoxy) is 1. The van der Waals surface area contributed by atoms with Crippen LogP contribution in [0.25, 0.3) is 0 Å². The number of rotatable bonds is 0. The van der Waals surface area contributed by atoms with Gasteiger partial charge in [-0.15, -0.1) is 0 Å². The molecule has 0 aromatic heterocycles. The summed E-state index contributed by atoms with van der Waals surface area (Å²) in [6.45, 7) is -0.200. The standard InChI is InChI=1S/C4H8O4/c5-3-1-4(6,7)2-8-3/h3,5-7H,1-2H2. The first kappa shape index (κ1) is 5.97. The maximum Gasteiger partial charge on any atom is 0.191 e. The Morgan fingerprint density at radius 3 is 2.25 bits per heavy atom. The quantitative estimate of drug-likeness (QED) is 0.337. The van der Waals surface area contributed by atoms with Gasteiger partial charge in [-0.2, -0.15) is 0 Å². The van der Waals surface area contributed by atoms with Crippen molar-refractivity contribution in [3.05, 3.63) is 0 Å². The molecule has 3 N–H and O–H groups in total. The highest BCUT2D eigenvalue weighted by atomic mass is 16.6. The summed E-state index contributed by atoms with van der Waals surface area (Å²) < 4.78 is 4.42. The van der Waals surface area contributed by atoms with E-state index in [0.717, 1.165) is 0 Å². The second kappa shape index (κ2) is 1.66. The number of aliphatic hydroxyl groups excluding tert-OH is 1. The lowest BCUT2D eigenvalue weighted by Gasteiger charge is -2.08. The number of aliphatic hydroxyl groups is 3. The first-order chi connectivity index (χ1) is 3.60. The molecule has 0 aromatic rings. The molecule has 0 radical (unpaired) electrons. The lowest BCUT2D eigenvalue weighted by molar-refractivity contribution is -0.156. The molecular formula is C4H8O4. The average Bonchev–Trinajstić information content (AvgIpc) is 1.82. The van der Waals surface area contributed by atoms with Crippen LogP contribution in [-0.4, -0.2) is 34.0 Å². The molecule has 1 atom stereocenters. The predicted molar refractivity (Wildman–Crippen MR) is 23.7 cm³/mol. The fourth-order valence-electron chi connectivity index (χ4n) is 0.627. The summed E-state index contributed by atoms with van der Waals surface area (Å²) in [7, 11) is 0. The first-order valence-corrected chi connectivity index (χ1v) is 2.35. The van der Waals surface area contributed by atoms with Crippen LogP contribution in [0.15, 0.2) is 0 Å². The van der Waals surface area contributed by atoms with Crippen LogP contribution in [0.2, 0.25) is 0 Å². The Labute approximate surface area is 46.3 Å². The lowest BCUT2D eigenvalue weighted by Crippen LogP contribution is -2.27. The molecule has 1 aliphatic heterocycles. The van der Waals surface area contributed by atoms with Gasteiger partial charge in [-0.3, -0.25) is 0 Å². The van der Waals surface area contributed by atoms with E-state index >= 15 is 0 Å². The van der Waals surface area contributed by atoms with Crippen molar-refractivity contribution in [2.45, 2.75) is 18.5 Å². The smallest absolute Gasteiger partial charge is 0.191 e. The van der Waals surface area contributed by atoms with Crippen molar-refractivity contribution >= 4 is 0 Å². The Balaban J connectivity index is 2.44. The second-order valence-corrected chi connectivity index (χ2v) is 1.95. The molecule has 0 bridgehead atoms. The maximum atomic E-state index is 8.64. The molecule has 0 aromatic carbocycles. The fraction of sp³-hybridized carbons (Fsp3) is 1.00. The molecular weight excluding hydrogens is 112 g/mol. The Hall–Kier alpha value is -0.160. The van der Waals surface area contributed by atoms with Gasteiger partial charge in [0.05, 0.1) is 6.42 Å². The van der Waals surface area contributed by atoms with Crippen LogP contribution in [0, 0.1) is 0 Å². The van der Waals surface area contributed by atoms with Gasteiger partial charge in [0.2, 0.25) is 0 Å². The van der Waals surface area contributed by atoms with Crippen molar-refractivity contribution in [3.63, 3.8) is 0 Å². The Bertz CT molecular complexity index is 90.0. The Morgan fingerprint density at radius 1 is 1.50 bits per heavy atom. The van der Waals surface area contributed by atoms with Gasteiger partial charge in [0.1, 0.15) is 6.61 Å². The normalized spacial score (nSPS) is 35.6. The third-order valence-corrected chi connectivity index (χ3v) is 1.01. The third-order valence-electron chi connectivity index (χ3n) is 1.01. The van der Waals surface area contributed by atoms with Crippen molar-refractivity contribution in [3.8, 4) is 0 Å². The predicted octanol–water partition coefficient (Wildman–Crippen LogP) is -1.59. The monoisotopic (exact) mass is 120 g/mol. The van der Waals surface area contributed by atoms with E-state index < -0.39 is 12.1 Å². The molecule has 1 fully saturated rings. The molecule has 4 nitrogen and oxygen atoms in total. The van der Waals surface area contributed by atoms with E-state index in [1.165, 1.54) is 0 Å².